The van der Waals surface area contributed by atoms with Crippen molar-refractivity contribution in [2.45, 2.75) is 19.4 Å². The molecule has 0 aliphatic heterocycles. The number of benzene rings is 1. The summed E-state index contributed by atoms with van der Waals surface area (Å²) in [6, 6.07) is 6.93. The Bertz CT molecular complexity index is 876. The van der Waals surface area contributed by atoms with Crippen LogP contribution in [0.4, 0.5) is 0 Å². The Labute approximate surface area is 160 Å². The zero-order valence-corrected chi connectivity index (χ0v) is 15.9. The number of aliphatic hydroxyl groups excluding tert-OH is 2. The second-order valence-corrected chi connectivity index (χ2v) is 7.19. The zero-order chi connectivity index (χ0) is 18.7. The van der Waals surface area contributed by atoms with Crippen molar-refractivity contribution in [1.82, 2.24) is 19.5 Å². The maximum absolute atomic E-state index is 10.8. The van der Waals surface area contributed by atoms with Crippen molar-refractivity contribution in [3.05, 3.63) is 45.6 Å². The first-order valence-electron chi connectivity index (χ1n) is 8.38. The molecule has 2 aromatic heterocycles. The molecule has 3 N–H and O–H groups in total. The third-order valence-electron chi connectivity index (χ3n) is 4.15. The van der Waals surface area contributed by atoms with Gasteiger partial charge in [-0.3, -0.25) is 4.90 Å². The van der Waals surface area contributed by atoms with Gasteiger partial charge in [0.25, 0.3) is 0 Å². The van der Waals surface area contributed by atoms with Crippen molar-refractivity contribution >= 4 is 27.9 Å². The Kier molecular flexibility index (Phi) is 6.10. The van der Waals surface area contributed by atoms with E-state index in [2.05, 4.69) is 10.1 Å². The molecule has 2 heterocycles. The summed E-state index contributed by atoms with van der Waals surface area (Å²) in [6.45, 7) is 2.44. The molecule has 140 valence electrons. The third kappa shape index (κ3) is 3.56. The molecule has 0 bridgehead atoms. The Morgan fingerprint density at radius 1 is 1.23 bits per heavy atom. The maximum Gasteiger partial charge on any atom is 0.230 e. The quantitative estimate of drug-likeness (QED) is 0.539. The lowest BCUT2D eigenvalue weighted by Gasteiger charge is -2.30. The minimum absolute atomic E-state index is 0.00278. The molecule has 9 heteroatoms. The summed E-state index contributed by atoms with van der Waals surface area (Å²) in [5.41, 5.74) is 0.784. The average Bonchev–Trinajstić information content (AvgIpc) is 3.17. The molecular formula is C17H21ClN4O3S. The minimum atomic E-state index is -0.429. The molecule has 1 atom stereocenters. The molecule has 0 saturated carbocycles. The Morgan fingerprint density at radius 2 is 1.92 bits per heavy atom. The Morgan fingerprint density at radius 3 is 2.50 bits per heavy atom. The molecule has 0 saturated heterocycles. The summed E-state index contributed by atoms with van der Waals surface area (Å²) in [5, 5.41) is 34.6. The third-order valence-corrected chi connectivity index (χ3v) is 5.56. The fourth-order valence-corrected chi connectivity index (χ4v) is 4.31. The summed E-state index contributed by atoms with van der Waals surface area (Å²) in [7, 11) is 0. The molecule has 0 aliphatic carbocycles. The summed E-state index contributed by atoms with van der Waals surface area (Å²) in [5.74, 6) is 0.665. The van der Waals surface area contributed by atoms with Gasteiger partial charge in [-0.15, -0.1) is 5.10 Å². The second-order valence-electron chi connectivity index (χ2n) is 5.77. The van der Waals surface area contributed by atoms with E-state index in [0.717, 1.165) is 5.56 Å². The number of aliphatic hydroxyl groups is 2. The van der Waals surface area contributed by atoms with E-state index in [0.29, 0.717) is 40.2 Å². The topological polar surface area (TPSA) is 94.1 Å². The highest BCUT2D eigenvalue weighted by Gasteiger charge is 2.30. The van der Waals surface area contributed by atoms with Gasteiger partial charge in [-0.2, -0.15) is 4.52 Å². The van der Waals surface area contributed by atoms with Gasteiger partial charge in [-0.1, -0.05) is 48.1 Å². The smallest absolute Gasteiger partial charge is 0.230 e. The average molecular weight is 397 g/mol. The number of aryl methyl sites for hydroxylation is 1. The van der Waals surface area contributed by atoms with Crippen LogP contribution in [0.5, 0.6) is 5.88 Å². The van der Waals surface area contributed by atoms with Crippen LogP contribution in [0.15, 0.2) is 24.3 Å². The lowest BCUT2D eigenvalue weighted by Crippen LogP contribution is -2.34. The van der Waals surface area contributed by atoms with Crippen LogP contribution < -0.4 is 0 Å². The Hall–Kier alpha value is -1.71. The minimum Gasteiger partial charge on any atom is -0.492 e. The van der Waals surface area contributed by atoms with Crippen molar-refractivity contribution in [2.75, 3.05) is 26.3 Å². The van der Waals surface area contributed by atoms with Crippen LogP contribution in [-0.2, 0) is 6.42 Å². The Balaban J connectivity index is 2.15. The van der Waals surface area contributed by atoms with Crippen molar-refractivity contribution in [3.8, 4) is 5.88 Å². The first kappa shape index (κ1) is 19.1. The highest BCUT2D eigenvalue weighted by molar-refractivity contribution is 7.17. The standard InChI is InChI=1S/C17H21ClN4O3S/c1-2-13-19-17-22(20-13)16(25)15(26-17)14(21(7-9-23)8-10-24)11-5-3-4-6-12(11)18/h3-6,14,23-25H,2,7-10H2,1H3. The van der Waals surface area contributed by atoms with Gasteiger partial charge in [-0.25, -0.2) is 4.98 Å². The molecule has 0 aliphatic rings. The second kappa shape index (κ2) is 8.32. The monoisotopic (exact) mass is 396 g/mol. The van der Waals surface area contributed by atoms with E-state index < -0.39 is 6.04 Å². The van der Waals surface area contributed by atoms with E-state index in [1.54, 1.807) is 6.07 Å². The summed E-state index contributed by atoms with van der Waals surface area (Å²) < 4.78 is 1.43. The van der Waals surface area contributed by atoms with E-state index in [1.165, 1.54) is 15.9 Å². The van der Waals surface area contributed by atoms with Crippen molar-refractivity contribution in [1.29, 1.82) is 0 Å². The van der Waals surface area contributed by atoms with Crippen LogP contribution in [0, 0.1) is 0 Å². The van der Waals surface area contributed by atoms with Gasteiger partial charge in [-0.05, 0) is 11.6 Å². The molecule has 0 spiro atoms. The lowest BCUT2D eigenvalue weighted by molar-refractivity contribution is 0.136. The zero-order valence-electron chi connectivity index (χ0n) is 14.3. The van der Waals surface area contributed by atoms with Gasteiger partial charge in [0.1, 0.15) is 0 Å². The van der Waals surface area contributed by atoms with Crippen LogP contribution in [0.1, 0.15) is 29.2 Å². The molecule has 3 aromatic rings. The van der Waals surface area contributed by atoms with Gasteiger partial charge in [0.15, 0.2) is 5.82 Å². The number of fused-ring (bicyclic) bond motifs is 1. The highest BCUT2D eigenvalue weighted by atomic mass is 35.5. The number of aromatic hydroxyl groups is 1. The van der Waals surface area contributed by atoms with Crippen LogP contribution in [0.3, 0.4) is 0 Å². The molecule has 1 unspecified atom stereocenters. The molecular weight excluding hydrogens is 376 g/mol. The summed E-state index contributed by atoms with van der Waals surface area (Å²) >= 11 is 7.75. The largest absolute Gasteiger partial charge is 0.492 e. The predicted molar refractivity (Wildman–Crippen MR) is 101 cm³/mol. The van der Waals surface area contributed by atoms with Crippen LogP contribution in [-0.4, -0.2) is 61.1 Å². The SMILES string of the molecule is CCc1nc2sc(C(c3ccccc3Cl)N(CCO)CCO)c(O)n2n1. The number of hydrogen-bond acceptors (Lipinski definition) is 7. The number of rotatable bonds is 8. The first-order chi connectivity index (χ1) is 12.6. The summed E-state index contributed by atoms with van der Waals surface area (Å²) in [6.07, 6.45) is 0.679. The number of thiazole rings is 1. The predicted octanol–water partition coefficient (Wildman–Crippen LogP) is 2.09. The molecule has 1 aromatic carbocycles. The van der Waals surface area contributed by atoms with Gasteiger partial charge in [0, 0.05) is 24.5 Å². The van der Waals surface area contributed by atoms with Gasteiger partial charge in [0.05, 0.1) is 24.1 Å². The van der Waals surface area contributed by atoms with E-state index >= 15 is 0 Å². The molecule has 7 nitrogen and oxygen atoms in total. The molecule has 3 rings (SSSR count). The van der Waals surface area contributed by atoms with Gasteiger partial charge < -0.3 is 15.3 Å². The van der Waals surface area contributed by atoms with Crippen LogP contribution in [0.2, 0.25) is 5.02 Å². The number of hydrogen-bond donors (Lipinski definition) is 3. The normalized spacial score (nSPS) is 13.0. The van der Waals surface area contributed by atoms with Crippen LogP contribution >= 0.6 is 22.9 Å². The fourth-order valence-electron chi connectivity index (χ4n) is 2.95. The van der Waals surface area contributed by atoms with Crippen molar-refractivity contribution in [2.24, 2.45) is 0 Å². The number of nitrogens with zero attached hydrogens (tertiary/aromatic N) is 4. The summed E-state index contributed by atoms with van der Waals surface area (Å²) in [4.78, 5) is 7.52. The van der Waals surface area contributed by atoms with E-state index in [-0.39, 0.29) is 19.1 Å². The van der Waals surface area contributed by atoms with E-state index in [4.69, 9.17) is 11.6 Å². The van der Waals surface area contributed by atoms with Gasteiger partial charge >= 0.3 is 0 Å². The highest BCUT2D eigenvalue weighted by Crippen LogP contribution is 2.41. The fraction of sp³-hybridized carbons (Fsp3) is 0.412. The first-order valence-corrected chi connectivity index (χ1v) is 9.57. The van der Waals surface area contributed by atoms with Crippen LogP contribution in [0.25, 0.3) is 4.96 Å². The molecule has 0 radical (unpaired) electrons. The van der Waals surface area contributed by atoms with E-state index in [1.807, 2.05) is 30.0 Å². The number of aromatic nitrogens is 3. The maximum atomic E-state index is 10.8. The lowest BCUT2D eigenvalue weighted by atomic mass is 10.0. The molecule has 0 amide bonds. The van der Waals surface area contributed by atoms with Gasteiger partial charge in [0.2, 0.25) is 10.8 Å². The van der Waals surface area contributed by atoms with Crippen molar-refractivity contribution in [3.63, 3.8) is 0 Å². The number of halogens is 1. The molecule has 0 fully saturated rings. The van der Waals surface area contributed by atoms with Crippen molar-refractivity contribution < 1.29 is 15.3 Å². The van der Waals surface area contributed by atoms with E-state index in [9.17, 15) is 15.3 Å². The molecule has 26 heavy (non-hydrogen) atoms.